The number of phosphoric acid groups is 1. The SMILES string of the molecule is CCCCCCCCCOc1c2c(c3c4c1OP(=O)(O3)O4)O2. The number of phosphoric ester groups is 1. The van der Waals surface area contributed by atoms with Gasteiger partial charge in [-0.3, -0.25) is 0 Å². The maximum absolute atomic E-state index is 12.0. The van der Waals surface area contributed by atoms with Crippen molar-refractivity contribution in [1.29, 1.82) is 0 Å². The van der Waals surface area contributed by atoms with Crippen molar-refractivity contribution in [2.24, 2.45) is 0 Å². The molecule has 3 heterocycles. The fourth-order valence-electron chi connectivity index (χ4n) is 2.79. The van der Waals surface area contributed by atoms with Crippen LogP contribution in [0.2, 0.25) is 0 Å². The van der Waals surface area contributed by atoms with Gasteiger partial charge in [0.2, 0.25) is 34.5 Å². The van der Waals surface area contributed by atoms with Crippen molar-refractivity contribution in [3.8, 4) is 34.5 Å². The Morgan fingerprint density at radius 3 is 2.23 bits per heavy atom. The van der Waals surface area contributed by atoms with Gasteiger partial charge >= 0.3 is 7.82 Å². The molecule has 1 aromatic carbocycles. The second kappa shape index (κ2) is 5.27. The highest BCUT2D eigenvalue weighted by atomic mass is 31.2. The summed E-state index contributed by atoms with van der Waals surface area (Å²) in [5.74, 6) is 2.80. The first kappa shape index (κ1) is 14.1. The lowest BCUT2D eigenvalue weighted by molar-refractivity contribution is 0.289. The van der Waals surface area contributed by atoms with E-state index in [1.807, 2.05) is 0 Å². The molecule has 0 spiro atoms. The largest absolute Gasteiger partial charge is 0.647 e. The van der Waals surface area contributed by atoms with Crippen molar-refractivity contribution in [3.63, 3.8) is 0 Å². The van der Waals surface area contributed by atoms with E-state index >= 15 is 0 Å². The van der Waals surface area contributed by atoms with Gasteiger partial charge in [-0.15, -0.1) is 0 Å². The third-order valence-corrected chi connectivity index (χ3v) is 5.22. The Morgan fingerprint density at radius 1 is 0.818 bits per heavy atom. The van der Waals surface area contributed by atoms with Gasteiger partial charge < -0.3 is 23.0 Å². The minimum atomic E-state index is -3.49. The van der Waals surface area contributed by atoms with Crippen LogP contribution >= 0.6 is 7.82 Å². The van der Waals surface area contributed by atoms with E-state index in [4.69, 9.17) is 23.0 Å². The smallest absolute Gasteiger partial charge is 0.486 e. The predicted molar refractivity (Wildman–Crippen MR) is 79.5 cm³/mol. The zero-order valence-corrected chi connectivity index (χ0v) is 13.4. The molecule has 4 rings (SSSR count). The van der Waals surface area contributed by atoms with Crippen LogP contribution in [0.5, 0.6) is 34.5 Å². The molecule has 0 saturated heterocycles. The van der Waals surface area contributed by atoms with Gasteiger partial charge in [0, 0.05) is 0 Å². The fourth-order valence-corrected chi connectivity index (χ4v) is 4.07. The molecule has 6 nitrogen and oxygen atoms in total. The topological polar surface area (TPSA) is 66.5 Å². The van der Waals surface area contributed by atoms with Crippen molar-refractivity contribution in [1.82, 2.24) is 0 Å². The highest BCUT2D eigenvalue weighted by Gasteiger charge is 2.58. The standard InChI is InChI=1S/C15H19O6P/c1-2-3-4-5-6-7-8-9-17-10-11-12(18-11)14-15-13(10)19-22(16,20-14)21-15/h2-9H2,1H3. The van der Waals surface area contributed by atoms with E-state index in [1.54, 1.807) is 0 Å². The monoisotopic (exact) mass is 326 g/mol. The van der Waals surface area contributed by atoms with Gasteiger partial charge in [0.15, 0.2) is 0 Å². The number of ether oxygens (including phenoxy) is 2. The number of benzene rings is 1. The van der Waals surface area contributed by atoms with Crippen LogP contribution in [0.3, 0.4) is 0 Å². The zero-order chi connectivity index (χ0) is 15.2. The first-order chi connectivity index (χ1) is 10.7. The summed E-state index contributed by atoms with van der Waals surface area (Å²) in [6.07, 6.45) is 8.54. The summed E-state index contributed by atoms with van der Waals surface area (Å²) < 4.78 is 38.6. The van der Waals surface area contributed by atoms with Crippen LogP contribution in [-0.2, 0) is 4.57 Å². The van der Waals surface area contributed by atoms with E-state index < -0.39 is 7.82 Å². The number of unbranched alkanes of at least 4 members (excludes halogenated alkanes) is 6. The van der Waals surface area contributed by atoms with E-state index in [9.17, 15) is 4.57 Å². The van der Waals surface area contributed by atoms with Gasteiger partial charge in [-0.1, -0.05) is 45.4 Å². The lowest BCUT2D eigenvalue weighted by atomic mass is 10.1. The van der Waals surface area contributed by atoms with Crippen LogP contribution in [0.1, 0.15) is 51.9 Å². The maximum Gasteiger partial charge on any atom is 0.647 e. The number of fused-ring (bicyclic) bond motifs is 3. The second-order valence-corrected chi connectivity index (χ2v) is 7.21. The average Bonchev–Trinajstić information content (AvgIpc) is 3.10. The highest BCUT2D eigenvalue weighted by Crippen LogP contribution is 2.80. The van der Waals surface area contributed by atoms with Crippen molar-refractivity contribution in [3.05, 3.63) is 0 Å². The maximum atomic E-state index is 12.0. The summed E-state index contributed by atoms with van der Waals surface area (Å²) in [6.45, 7) is 2.81. The van der Waals surface area contributed by atoms with Gasteiger partial charge in [0.1, 0.15) is 0 Å². The van der Waals surface area contributed by atoms with E-state index in [1.165, 1.54) is 32.1 Å². The summed E-state index contributed by atoms with van der Waals surface area (Å²) in [5.41, 5.74) is 0. The Kier molecular flexibility index (Phi) is 3.37. The first-order valence-corrected chi connectivity index (χ1v) is 9.41. The summed E-state index contributed by atoms with van der Waals surface area (Å²) in [4.78, 5) is 0. The molecule has 7 heteroatoms. The number of hydrogen-bond donors (Lipinski definition) is 0. The van der Waals surface area contributed by atoms with Crippen molar-refractivity contribution in [2.75, 3.05) is 6.61 Å². The summed E-state index contributed by atoms with van der Waals surface area (Å²) >= 11 is 0. The van der Waals surface area contributed by atoms with Crippen LogP contribution in [0.4, 0.5) is 0 Å². The zero-order valence-electron chi connectivity index (χ0n) is 12.6. The Morgan fingerprint density at radius 2 is 1.45 bits per heavy atom. The van der Waals surface area contributed by atoms with E-state index in [0.29, 0.717) is 41.1 Å². The van der Waals surface area contributed by atoms with Crippen LogP contribution < -0.4 is 23.0 Å². The lowest BCUT2D eigenvalue weighted by Gasteiger charge is -2.11. The highest BCUT2D eigenvalue weighted by molar-refractivity contribution is 7.50. The molecular formula is C15H19O6P. The Balaban J connectivity index is 1.30. The molecule has 0 radical (unpaired) electrons. The molecule has 2 bridgehead atoms. The number of rotatable bonds is 9. The molecule has 0 saturated carbocycles. The number of hydrogen-bond acceptors (Lipinski definition) is 6. The third-order valence-electron chi connectivity index (χ3n) is 4.00. The van der Waals surface area contributed by atoms with E-state index in [2.05, 4.69) is 6.92 Å². The molecule has 1 aromatic rings. The second-order valence-electron chi connectivity index (χ2n) is 5.77. The Hall–Kier alpha value is -1.55. The molecule has 0 amide bonds. The molecule has 120 valence electrons. The van der Waals surface area contributed by atoms with E-state index in [0.717, 1.165) is 12.8 Å². The van der Waals surface area contributed by atoms with E-state index in [-0.39, 0.29) is 0 Å². The molecule has 3 aliphatic rings. The minimum absolute atomic E-state index is 0.356. The van der Waals surface area contributed by atoms with Crippen LogP contribution in [-0.4, -0.2) is 6.61 Å². The normalized spacial score (nSPS) is 21.5. The van der Waals surface area contributed by atoms with Gasteiger partial charge in [0.05, 0.1) is 6.61 Å². The quantitative estimate of drug-likeness (QED) is 0.359. The summed E-state index contributed by atoms with van der Waals surface area (Å²) in [5, 5.41) is 0. The Bertz CT molecular complexity index is 656. The summed E-state index contributed by atoms with van der Waals surface area (Å²) in [7, 11) is -3.49. The van der Waals surface area contributed by atoms with Gasteiger partial charge in [-0.25, -0.2) is 0 Å². The van der Waals surface area contributed by atoms with Crippen LogP contribution in [0.15, 0.2) is 0 Å². The van der Waals surface area contributed by atoms with Crippen molar-refractivity contribution in [2.45, 2.75) is 51.9 Å². The van der Waals surface area contributed by atoms with Gasteiger partial charge in [-0.05, 0) is 6.42 Å². The van der Waals surface area contributed by atoms with Crippen LogP contribution in [0, 0.1) is 0 Å². The lowest BCUT2D eigenvalue weighted by Crippen LogP contribution is -2.00. The molecule has 0 fully saturated rings. The average molecular weight is 326 g/mol. The van der Waals surface area contributed by atoms with Crippen molar-refractivity contribution >= 4 is 7.82 Å². The van der Waals surface area contributed by atoms with Gasteiger partial charge in [0.25, 0.3) is 0 Å². The molecule has 0 N–H and O–H groups in total. The molecule has 0 aromatic heterocycles. The minimum Gasteiger partial charge on any atom is -0.486 e. The Labute approximate surface area is 129 Å². The summed E-state index contributed by atoms with van der Waals surface area (Å²) in [6, 6.07) is 0. The molecular weight excluding hydrogens is 307 g/mol. The third kappa shape index (κ3) is 2.30. The van der Waals surface area contributed by atoms with Crippen molar-refractivity contribution < 1.29 is 27.6 Å². The molecule has 22 heavy (non-hydrogen) atoms. The first-order valence-electron chi connectivity index (χ1n) is 7.95. The molecule has 0 aliphatic carbocycles. The van der Waals surface area contributed by atoms with Crippen LogP contribution in [0.25, 0.3) is 0 Å². The molecule has 1 unspecified atom stereocenters. The molecule has 1 atom stereocenters. The molecule has 3 aliphatic heterocycles. The van der Waals surface area contributed by atoms with Gasteiger partial charge in [-0.2, -0.15) is 4.57 Å². The predicted octanol–water partition coefficient (Wildman–Crippen LogP) is 5.19. The fraction of sp³-hybridized carbons (Fsp3) is 0.600.